The number of likely N-dealkylation sites (tertiary alicyclic amines) is 1. The number of hydrogen-bond donors (Lipinski definition) is 3. The van der Waals surface area contributed by atoms with Crippen LogP contribution < -0.4 is 10.6 Å². The standard InChI is InChI=1S/C20H36N4O2/c1-6-21-19(22-12-15(2)13-24-9-7-8-10-24)23-14-20(5,25)18-11-16(3)26-17(18)4/h11,15,25H,6-10,12-14H2,1-5H3,(H2,21,22,23). The first-order valence-corrected chi connectivity index (χ1v) is 9.86. The van der Waals surface area contributed by atoms with Gasteiger partial charge in [-0.2, -0.15) is 0 Å². The lowest BCUT2D eigenvalue weighted by Crippen LogP contribution is -2.42. The van der Waals surface area contributed by atoms with E-state index in [1.807, 2.05) is 26.8 Å². The average Bonchev–Trinajstić information content (AvgIpc) is 3.19. The third kappa shape index (κ3) is 6.02. The monoisotopic (exact) mass is 364 g/mol. The molecule has 2 rings (SSSR count). The molecule has 1 saturated heterocycles. The van der Waals surface area contributed by atoms with E-state index in [4.69, 9.17) is 4.42 Å². The largest absolute Gasteiger partial charge is 0.466 e. The molecule has 148 valence electrons. The fourth-order valence-electron chi connectivity index (χ4n) is 3.57. The zero-order valence-electron chi connectivity index (χ0n) is 17.1. The van der Waals surface area contributed by atoms with Crippen LogP contribution in [0.15, 0.2) is 15.5 Å². The van der Waals surface area contributed by atoms with E-state index in [2.05, 4.69) is 27.4 Å². The molecular formula is C20H36N4O2. The number of nitrogens with one attached hydrogen (secondary N) is 2. The molecule has 0 bridgehead atoms. The molecule has 0 amide bonds. The van der Waals surface area contributed by atoms with Crippen molar-refractivity contribution >= 4 is 5.96 Å². The van der Waals surface area contributed by atoms with Gasteiger partial charge in [0.15, 0.2) is 5.96 Å². The Kier molecular flexibility index (Phi) is 7.53. The van der Waals surface area contributed by atoms with Gasteiger partial charge in [0.25, 0.3) is 0 Å². The zero-order chi connectivity index (χ0) is 19.2. The first-order valence-electron chi connectivity index (χ1n) is 9.86. The Labute approximate surface area is 158 Å². The molecule has 1 aromatic rings. The fourth-order valence-corrected chi connectivity index (χ4v) is 3.57. The summed E-state index contributed by atoms with van der Waals surface area (Å²) in [5.74, 6) is 2.86. The van der Waals surface area contributed by atoms with E-state index in [9.17, 15) is 5.11 Å². The van der Waals surface area contributed by atoms with Crippen molar-refractivity contribution < 1.29 is 9.52 Å². The van der Waals surface area contributed by atoms with Crippen LogP contribution in [0.25, 0.3) is 0 Å². The van der Waals surface area contributed by atoms with Crippen molar-refractivity contribution in [1.82, 2.24) is 15.5 Å². The summed E-state index contributed by atoms with van der Waals surface area (Å²) in [6.07, 6.45) is 2.65. The number of hydrogen-bond acceptors (Lipinski definition) is 4. The van der Waals surface area contributed by atoms with Gasteiger partial charge >= 0.3 is 0 Å². The minimum Gasteiger partial charge on any atom is -0.466 e. The Balaban J connectivity index is 1.91. The first-order chi connectivity index (χ1) is 12.3. The van der Waals surface area contributed by atoms with E-state index < -0.39 is 5.60 Å². The zero-order valence-corrected chi connectivity index (χ0v) is 17.1. The number of rotatable bonds is 8. The normalized spacial score (nSPS) is 19.4. The molecule has 0 spiro atoms. The van der Waals surface area contributed by atoms with E-state index in [1.165, 1.54) is 25.9 Å². The fraction of sp³-hybridized carbons (Fsp3) is 0.750. The summed E-state index contributed by atoms with van der Waals surface area (Å²) < 4.78 is 5.55. The van der Waals surface area contributed by atoms with Gasteiger partial charge in [-0.1, -0.05) is 6.92 Å². The predicted octanol–water partition coefficient (Wildman–Crippen LogP) is 2.39. The van der Waals surface area contributed by atoms with Crippen molar-refractivity contribution in [2.75, 3.05) is 39.3 Å². The second-order valence-electron chi connectivity index (χ2n) is 7.79. The minimum absolute atomic E-state index is 0.280. The molecule has 0 aliphatic carbocycles. The summed E-state index contributed by atoms with van der Waals surface area (Å²) in [6.45, 7) is 15.4. The van der Waals surface area contributed by atoms with E-state index in [0.29, 0.717) is 5.92 Å². The highest BCUT2D eigenvalue weighted by Crippen LogP contribution is 2.27. The second kappa shape index (κ2) is 9.42. The Bertz CT molecular complexity index is 589. The second-order valence-corrected chi connectivity index (χ2v) is 7.79. The van der Waals surface area contributed by atoms with Crippen LogP contribution in [0.3, 0.4) is 0 Å². The molecule has 0 radical (unpaired) electrons. The van der Waals surface area contributed by atoms with Crippen molar-refractivity contribution in [2.45, 2.75) is 53.1 Å². The smallest absolute Gasteiger partial charge is 0.191 e. The molecule has 2 heterocycles. The van der Waals surface area contributed by atoms with E-state index in [0.717, 1.165) is 42.7 Å². The Morgan fingerprint density at radius 1 is 1.35 bits per heavy atom. The number of furan rings is 1. The maximum Gasteiger partial charge on any atom is 0.191 e. The van der Waals surface area contributed by atoms with Gasteiger partial charge in [-0.3, -0.25) is 0 Å². The van der Waals surface area contributed by atoms with Crippen molar-refractivity contribution in [3.05, 3.63) is 23.2 Å². The molecule has 1 aromatic heterocycles. The summed E-state index contributed by atoms with van der Waals surface area (Å²) in [5.41, 5.74) is -0.247. The highest BCUT2D eigenvalue weighted by atomic mass is 16.3. The molecule has 0 aromatic carbocycles. The molecule has 6 heteroatoms. The van der Waals surface area contributed by atoms with Crippen molar-refractivity contribution in [2.24, 2.45) is 10.9 Å². The SMILES string of the molecule is CCNC(=NCC(C)(O)c1cc(C)oc1C)NCC(C)CN1CCCC1. The average molecular weight is 365 g/mol. The van der Waals surface area contributed by atoms with Crippen LogP contribution in [0.1, 0.15) is 50.7 Å². The van der Waals surface area contributed by atoms with Gasteiger partial charge in [0.1, 0.15) is 17.1 Å². The minimum atomic E-state index is -1.05. The Morgan fingerprint density at radius 3 is 2.62 bits per heavy atom. The van der Waals surface area contributed by atoms with Crippen LogP contribution in [0.4, 0.5) is 0 Å². The summed E-state index contributed by atoms with van der Waals surface area (Å²) in [6, 6.07) is 1.89. The van der Waals surface area contributed by atoms with Crippen LogP contribution in [0, 0.1) is 19.8 Å². The molecular weight excluding hydrogens is 328 g/mol. The molecule has 26 heavy (non-hydrogen) atoms. The first kappa shape index (κ1) is 20.8. The van der Waals surface area contributed by atoms with Crippen molar-refractivity contribution in [3.8, 4) is 0 Å². The molecule has 2 atom stereocenters. The maximum atomic E-state index is 10.8. The summed E-state index contributed by atoms with van der Waals surface area (Å²) in [7, 11) is 0. The van der Waals surface area contributed by atoms with Crippen LogP contribution in [-0.2, 0) is 5.60 Å². The van der Waals surface area contributed by atoms with Gasteiger partial charge in [0.2, 0.25) is 0 Å². The van der Waals surface area contributed by atoms with Gasteiger partial charge in [-0.05, 0) is 65.6 Å². The lowest BCUT2D eigenvalue weighted by atomic mass is 9.96. The molecule has 0 saturated carbocycles. The number of guanidine groups is 1. The molecule has 1 aliphatic heterocycles. The molecule has 1 aliphatic rings. The third-order valence-electron chi connectivity index (χ3n) is 4.90. The van der Waals surface area contributed by atoms with Crippen molar-refractivity contribution in [3.63, 3.8) is 0 Å². The molecule has 6 nitrogen and oxygen atoms in total. The lowest BCUT2D eigenvalue weighted by molar-refractivity contribution is 0.0657. The maximum absolute atomic E-state index is 10.8. The molecule has 1 fully saturated rings. The topological polar surface area (TPSA) is 73.0 Å². The summed E-state index contributed by atoms with van der Waals surface area (Å²) >= 11 is 0. The van der Waals surface area contributed by atoms with Gasteiger partial charge in [-0.25, -0.2) is 4.99 Å². The Hall–Kier alpha value is -1.53. The van der Waals surface area contributed by atoms with Gasteiger partial charge < -0.3 is 25.1 Å². The number of aryl methyl sites for hydroxylation is 2. The van der Waals surface area contributed by atoms with E-state index in [-0.39, 0.29) is 6.54 Å². The van der Waals surface area contributed by atoms with E-state index in [1.54, 1.807) is 6.92 Å². The lowest BCUT2D eigenvalue weighted by Gasteiger charge is -2.23. The number of aliphatic hydroxyl groups is 1. The van der Waals surface area contributed by atoms with Crippen molar-refractivity contribution in [1.29, 1.82) is 0 Å². The van der Waals surface area contributed by atoms with Crippen LogP contribution in [0.5, 0.6) is 0 Å². The summed E-state index contributed by atoms with van der Waals surface area (Å²) in [5, 5.41) is 17.5. The third-order valence-corrected chi connectivity index (χ3v) is 4.90. The number of aliphatic imine (C=N–C) groups is 1. The van der Waals surface area contributed by atoms with Crippen LogP contribution >= 0.6 is 0 Å². The quantitative estimate of drug-likeness (QED) is 0.488. The highest BCUT2D eigenvalue weighted by molar-refractivity contribution is 5.79. The Morgan fingerprint density at radius 2 is 2.04 bits per heavy atom. The molecule has 3 N–H and O–H groups in total. The van der Waals surface area contributed by atoms with Gasteiger partial charge in [-0.15, -0.1) is 0 Å². The highest BCUT2D eigenvalue weighted by Gasteiger charge is 2.27. The molecule has 2 unspecified atom stereocenters. The van der Waals surface area contributed by atoms with E-state index >= 15 is 0 Å². The summed E-state index contributed by atoms with van der Waals surface area (Å²) in [4.78, 5) is 7.14. The number of nitrogens with zero attached hydrogens (tertiary/aromatic N) is 2. The van der Waals surface area contributed by atoms with Gasteiger partial charge in [0, 0.05) is 25.2 Å². The van der Waals surface area contributed by atoms with Gasteiger partial charge in [0.05, 0.1) is 6.54 Å². The van der Waals surface area contributed by atoms with Crippen LogP contribution in [0.2, 0.25) is 0 Å². The van der Waals surface area contributed by atoms with Crippen LogP contribution in [-0.4, -0.2) is 55.2 Å². The predicted molar refractivity (Wildman–Crippen MR) is 107 cm³/mol.